The van der Waals surface area contributed by atoms with Crippen LogP contribution in [-0.2, 0) is 23.7 Å². The van der Waals surface area contributed by atoms with Crippen molar-refractivity contribution in [2.75, 3.05) is 19.8 Å². The molecule has 9 N–H and O–H groups in total. The van der Waals surface area contributed by atoms with Crippen LogP contribution in [0.3, 0.4) is 0 Å². The molecule has 2 rings (SSSR count). The van der Waals surface area contributed by atoms with Crippen LogP contribution in [0.25, 0.3) is 0 Å². The van der Waals surface area contributed by atoms with E-state index in [1.165, 1.54) is 180 Å². The van der Waals surface area contributed by atoms with Gasteiger partial charge in [0.2, 0.25) is 5.91 Å². The fourth-order valence-corrected chi connectivity index (χ4v) is 9.84. The minimum atomic E-state index is -1.79. The van der Waals surface area contributed by atoms with Crippen molar-refractivity contribution in [1.82, 2.24) is 5.32 Å². The van der Waals surface area contributed by atoms with Gasteiger partial charge in [0.15, 0.2) is 12.6 Å². The molecule has 0 bridgehead atoms. The SMILES string of the molecule is CCCCCCCCCCCCCCCCCCCCCCCCCC/C=C/CC/C=C/C(O)C(COC1OC(CO)C(OC2OC(CO)C(O)C(O)C2O)C(O)C1O)NC(=O)CCCCCCCCCC. The van der Waals surface area contributed by atoms with Crippen molar-refractivity contribution < 1.29 is 64.6 Å². The summed E-state index contributed by atoms with van der Waals surface area (Å²) >= 11 is 0. The number of carbonyl (C=O) groups is 1. The molecule has 2 aliphatic heterocycles. The van der Waals surface area contributed by atoms with E-state index in [-0.39, 0.29) is 18.9 Å². The van der Waals surface area contributed by atoms with Gasteiger partial charge in [0.25, 0.3) is 0 Å². The second-order valence-electron chi connectivity index (χ2n) is 21.1. The Hall–Kier alpha value is -1.53. The molecule has 0 aliphatic carbocycles. The van der Waals surface area contributed by atoms with Gasteiger partial charge in [0.05, 0.1) is 32.0 Å². The summed E-state index contributed by atoms with van der Waals surface area (Å²) in [6, 6.07) is -0.925. The molecule has 0 aromatic carbocycles. The lowest BCUT2D eigenvalue weighted by Crippen LogP contribution is -2.65. The summed E-state index contributed by atoms with van der Waals surface area (Å²) in [6.07, 6.45) is 35.6. The van der Waals surface area contributed by atoms with Crippen molar-refractivity contribution in [3.8, 4) is 0 Å². The van der Waals surface area contributed by atoms with E-state index < -0.39 is 86.8 Å². The van der Waals surface area contributed by atoms with Crippen molar-refractivity contribution in [3.63, 3.8) is 0 Å². The molecule has 0 spiro atoms. The van der Waals surface area contributed by atoms with Gasteiger partial charge in [-0.25, -0.2) is 0 Å². The van der Waals surface area contributed by atoms with Crippen LogP contribution in [0.2, 0.25) is 0 Å². The maximum absolute atomic E-state index is 13.1. The van der Waals surface area contributed by atoms with Crippen LogP contribution in [0.1, 0.15) is 245 Å². The highest BCUT2D eigenvalue weighted by molar-refractivity contribution is 5.76. The van der Waals surface area contributed by atoms with Crippen LogP contribution in [0.5, 0.6) is 0 Å². The molecule has 0 aromatic heterocycles. The van der Waals surface area contributed by atoms with E-state index >= 15 is 0 Å². The fraction of sp³-hybridized carbons (Fsp3) is 0.914. The molecule has 2 aliphatic rings. The number of amides is 1. The predicted molar refractivity (Wildman–Crippen MR) is 286 cm³/mol. The molecule has 0 saturated carbocycles. The monoisotopic (exact) mass is 1030 g/mol. The third kappa shape index (κ3) is 30.3. The Morgan fingerprint density at radius 1 is 0.486 bits per heavy atom. The van der Waals surface area contributed by atoms with Gasteiger partial charge in [-0.2, -0.15) is 0 Å². The van der Waals surface area contributed by atoms with E-state index in [0.717, 1.165) is 32.1 Å². The van der Waals surface area contributed by atoms with Crippen LogP contribution in [-0.4, -0.2) is 140 Å². The van der Waals surface area contributed by atoms with Gasteiger partial charge in [0.1, 0.15) is 48.8 Å². The van der Waals surface area contributed by atoms with E-state index in [4.69, 9.17) is 18.9 Å². The predicted octanol–water partition coefficient (Wildman–Crippen LogP) is 9.67. The Kier molecular flexibility index (Phi) is 41.2. The molecule has 12 atom stereocenters. The second-order valence-corrected chi connectivity index (χ2v) is 21.1. The van der Waals surface area contributed by atoms with E-state index in [1.54, 1.807) is 6.08 Å². The first-order chi connectivity index (χ1) is 35.1. The average molecular weight is 1030 g/mol. The van der Waals surface area contributed by atoms with Gasteiger partial charge >= 0.3 is 0 Å². The van der Waals surface area contributed by atoms with E-state index in [9.17, 15) is 45.6 Å². The highest BCUT2D eigenvalue weighted by atomic mass is 16.7. The largest absolute Gasteiger partial charge is 0.394 e. The van der Waals surface area contributed by atoms with Crippen LogP contribution in [0.4, 0.5) is 0 Å². The second kappa shape index (κ2) is 44.6. The summed E-state index contributed by atoms with van der Waals surface area (Å²) < 4.78 is 22.7. The zero-order valence-electron chi connectivity index (χ0n) is 45.4. The normalized spacial score (nSPS) is 25.7. The summed E-state index contributed by atoms with van der Waals surface area (Å²) in [6.45, 7) is 2.75. The molecule has 72 heavy (non-hydrogen) atoms. The molecule has 0 radical (unpaired) electrons. The number of carbonyl (C=O) groups excluding carboxylic acids is 1. The highest BCUT2D eigenvalue weighted by Crippen LogP contribution is 2.30. The standard InChI is InChI=1S/C58H109NO13/c1-3-5-7-9-11-13-14-15-16-17-18-19-20-21-22-23-24-25-26-27-28-29-30-31-32-33-34-35-37-39-41-47(62)46(59-50(63)42-40-38-36-12-10-8-6-4-2)45-69-57-55(68)53(66)56(49(44-61)71-57)72-58-54(67)52(65)51(64)48(43-60)70-58/h33-34,39,41,46-49,51-58,60-62,64-68H,3-32,35-38,40,42-45H2,1-2H3,(H,59,63)/b34-33+,41-39+. The molecule has 14 heteroatoms. The van der Waals surface area contributed by atoms with Crippen LogP contribution < -0.4 is 5.32 Å². The topological polar surface area (TPSA) is 228 Å². The number of aliphatic hydroxyl groups excluding tert-OH is 8. The van der Waals surface area contributed by atoms with Gasteiger partial charge < -0.3 is 65.1 Å². The highest BCUT2D eigenvalue weighted by Gasteiger charge is 2.51. The molecular formula is C58H109NO13. The Balaban J connectivity index is 1.66. The van der Waals surface area contributed by atoms with Gasteiger partial charge in [-0.3, -0.25) is 4.79 Å². The summed E-state index contributed by atoms with van der Waals surface area (Å²) in [5.41, 5.74) is 0. The van der Waals surface area contributed by atoms with Crippen molar-refractivity contribution in [3.05, 3.63) is 24.3 Å². The van der Waals surface area contributed by atoms with Crippen LogP contribution in [0, 0.1) is 0 Å². The smallest absolute Gasteiger partial charge is 0.220 e. The molecule has 0 aromatic rings. The number of allylic oxidation sites excluding steroid dienone is 3. The Morgan fingerprint density at radius 2 is 0.889 bits per heavy atom. The zero-order chi connectivity index (χ0) is 52.4. The lowest BCUT2D eigenvalue weighted by molar-refractivity contribution is -0.359. The number of ether oxygens (including phenoxy) is 4. The van der Waals surface area contributed by atoms with Crippen molar-refractivity contribution in [2.45, 2.75) is 319 Å². The number of nitrogens with one attached hydrogen (secondary N) is 1. The first kappa shape index (κ1) is 66.6. The third-order valence-corrected chi connectivity index (χ3v) is 14.6. The van der Waals surface area contributed by atoms with Gasteiger partial charge in [-0.1, -0.05) is 231 Å². The molecule has 12 unspecified atom stereocenters. The molecular weight excluding hydrogens is 919 g/mol. The minimum Gasteiger partial charge on any atom is -0.394 e. The van der Waals surface area contributed by atoms with E-state index in [1.807, 2.05) is 6.08 Å². The molecule has 14 nitrogen and oxygen atoms in total. The molecule has 2 heterocycles. The van der Waals surface area contributed by atoms with Gasteiger partial charge in [-0.15, -0.1) is 0 Å². The average Bonchev–Trinajstić information content (AvgIpc) is 3.38. The quantitative estimate of drug-likeness (QED) is 0.0205. The molecule has 2 fully saturated rings. The number of hydrogen-bond acceptors (Lipinski definition) is 13. The van der Waals surface area contributed by atoms with Crippen LogP contribution in [0.15, 0.2) is 24.3 Å². The van der Waals surface area contributed by atoms with Crippen molar-refractivity contribution >= 4 is 5.91 Å². The summed E-state index contributed by atoms with van der Waals surface area (Å²) in [5.74, 6) is -0.253. The zero-order valence-corrected chi connectivity index (χ0v) is 45.4. The molecule has 2 saturated heterocycles. The fourth-order valence-electron chi connectivity index (χ4n) is 9.84. The maximum atomic E-state index is 13.1. The Labute approximate surface area is 437 Å². The maximum Gasteiger partial charge on any atom is 0.220 e. The number of aliphatic hydroxyl groups is 8. The summed E-state index contributed by atoms with van der Waals surface area (Å²) in [5, 5.41) is 86.7. The Bertz CT molecular complexity index is 1300. The molecule has 1 amide bonds. The van der Waals surface area contributed by atoms with Gasteiger partial charge in [0, 0.05) is 6.42 Å². The van der Waals surface area contributed by atoms with Crippen molar-refractivity contribution in [1.29, 1.82) is 0 Å². The number of rotatable bonds is 47. The summed E-state index contributed by atoms with van der Waals surface area (Å²) in [4.78, 5) is 13.1. The first-order valence-corrected chi connectivity index (χ1v) is 29.6. The third-order valence-electron chi connectivity index (χ3n) is 14.6. The lowest BCUT2D eigenvalue weighted by Gasteiger charge is -2.46. The minimum absolute atomic E-state index is 0.253. The lowest BCUT2D eigenvalue weighted by atomic mass is 9.97. The van der Waals surface area contributed by atoms with E-state index in [0.29, 0.717) is 12.8 Å². The molecule has 424 valence electrons. The van der Waals surface area contributed by atoms with Crippen molar-refractivity contribution in [2.24, 2.45) is 0 Å². The first-order valence-electron chi connectivity index (χ1n) is 29.6. The number of hydrogen-bond donors (Lipinski definition) is 9. The van der Waals surface area contributed by atoms with Crippen LogP contribution >= 0.6 is 0 Å². The Morgan fingerprint density at radius 3 is 1.36 bits per heavy atom. The number of unbranched alkanes of at least 4 members (excludes halogenated alkanes) is 32. The van der Waals surface area contributed by atoms with E-state index in [2.05, 4.69) is 31.3 Å². The summed E-state index contributed by atoms with van der Waals surface area (Å²) in [7, 11) is 0. The van der Waals surface area contributed by atoms with Gasteiger partial charge in [-0.05, 0) is 32.1 Å².